The second-order valence-electron chi connectivity index (χ2n) is 4.86. The first-order valence-corrected chi connectivity index (χ1v) is 6.51. The van der Waals surface area contributed by atoms with Gasteiger partial charge in [0.25, 0.3) is 0 Å². The molecule has 96 valence electrons. The highest BCUT2D eigenvalue weighted by Gasteiger charge is 2.08. The van der Waals surface area contributed by atoms with Gasteiger partial charge in [0.2, 0.25) is 0 Å². The Morgan fingerprint density at radius 2 is 1.84 bits per heavy atom. The predicted octanol–water partition coefficient (Wildman–Crippen LogP) is 3.01. The van der Waals surface area contributed by atoms with E-state index in [-0.39, 0.29) is 0 Å². The van der Waals surface area contributed by atoms with E-state index < -0.39 is 0 Å². The van der Waals surface area contributed by atoms with Crippen LogP contribution < -0.4 is 5.73 Å². The summed E-state index contributed by atoms with van der Waals surface area (Å²) in [6.45, 7) is 2.06. The summed E-state index contributed by atoms with van der Waals surface area (Å²) in [4.78, 5) is 4.61. The van der Waals surface area contributed by atoms with Crippen LogP contribution in [0.25, 0.3) is 5.65 Å². The predicted molar refractivity (Wildman–Crippen MR) is 78.2 cm³/mol. The summed E-state index contributed by atoms with van der Waals surface area (Å²) in [5, 5.41) is 0. The zero-order valence-electron chi connectivity index (χ0n) is 11.0. The summed E-state index contributed by atoms with van der Waals surface area (Å²) in [5.74, 6) is 0.759. The molecule has 3 heteroatoms. The van der Waals surface area contributed by atoms with Crippen LogP contribution in [0.1, 0.15) is 16.8 Å². The lowest BCUT2D eigenvalue weighted by Gasteiger charge is -2.00. The number of benzene rings is 1. The van der Waals surface area contributed by atoms with E-state index in [9.17, 15) is 0 Å². The maximum absolute atomic E-state index is 6.17. The Kier molecular flexibility index (Phi) is 2.95. The van der Waals surface area contributed by atoms with E-state index in [1.807, 2.05) is 22.7 Å². The van der Waals surface area contributed by atoms with Crippen LogP contribution >= 0.6 is 0 Å². The molecule has 2 aromatic heterocycles. The summed E-state index contributed by atoms with van der Waals surface area (Å²) in [6.07, 6.45) is 3.87. The van der Waals surface area contributed by atoms with Crippen molar-refractivity contribution in [1.29, 1.82) is 0 Å². The minimum absolute atomic E-state index is 0.759. The number of aryl methyl sites for hydroxylation is 3. The topological polar surface area (TPSA) is 43.3 Å². The second-order valence-corrected chi connectivity index (χ2v) is 4.86. The van der Waals surface area contributed by atoms with Gasteiger partial charge in [0.1, 0.15) is 11.5 Å². The third kappa shape index (κ3) is 2.32. The van der Waals surface area contributed by atoms with Gasteiger partial charge in [-0.05, 0) is 37.0 Å². The minimum Gasteiger partial charge on any atom is -0.383 e. The zero-order chi connectivity index (χ0) is 13.2. The van der Waals surface area contributed by atoms with Gasteiger partial charge in [-0.3, -0.25) is 4.40 Å². The lowest BCUT2D eigenvalue weighted by atomic mass is 10.1. The summed E-state index contributed by atoms with van der Waals surface area (Å²) >= 11 is 0. The first kappa shape index (κ1) is 11.8. The standard InChI is InChI=1S/C16H17N3/c1-12-7-10-15-18-14(16(17)19(15)11-12)9-8-13-5-3-2-4-6-13/h2-7,10-11H,8-9,17H2,1H3. The van der Waals surface area contributed by atoms with Gasteiger partial charge >= 0.3 is 0 Å². The largest absolute Gasteiger partial charge is 0.383 e. The molecule has 0 fully saturated rings. The SMILES string of the molecule is Cc1ccc2nc(CCc3ccccc3)c(N)n2c1. The van der Waals surface area contributed by atoms with Crippen LogP contribution in [0.2, 0.25) is 0 Å². The summed E-state index contributed by atoms with van der Waals surface area (Å²) in [5.41, 5.74) is 10.6. The number of fused-ring (bicyclic) bond motifs is 1. The Morgan fingerprint density at radius 1 is 1.05 bits per heavy atom. The molecule has 0 spiro atoms. The van der Waals surface area contributed by atoms with Crippen LogP contribution in [0, 0.1) is 6.92 Å². The number of hydrogen-bond acceptors (Lipinski definition) is 2. The Morgan fingerprint density at radius 3 is 2.63 bits per heavy atom. The molecule has 0 amide bonds. The number of hydrogen-bond donors (Lipinski definition) is 1. The first-order chi connectivity index (χ1) is 9.24. The normalized spacial score (nSPS) is 11.0. The number of imidazole rings is 1. The van der Waals surface area contributed by atoms with Crippen molar-refractivity contribution in [1.82, 2.24) is 9.38 Å². The molecule has 0 saturated carbocycles. The van der Waals surface area contributed by atoms with Crippen molar-refractivity contribution in [2.75, 3.05) is 5.73 Å². The number of nitrogens with zero attached hydrogens (tertiary/aromatic N) is 2. The molecule has 0 aliphatic heterocycles. The smallest absolute Gasteiger partial charge is 0.138 e. The number of nitrogen functional groups attached to an aromatic ring is 1. The average molecular weight is 251 g/mol. The minimum atomic E-state index is 0.759. The van der Waals surface area contributed by atoms with Crippen molar-refractivity contribution >= 4 is 11.5 Å². The van der Waals surface area contributed by atoms with Crippen molar-refractivity contribution < 1.29 is 0 Å². The summed E-state index contributed by atoms with van der Waals surface area (Å²) in [7, 11) is 0. The fourth-order valence-corrected chi connectivity index (χ4v) is 2.31. The van der Waals surface area contributed by atoms with Gasteiger partial charge in [-0.15, -0.1) is 0 Å². The average Bonchev–Trinajstić information content (AvgIpc) is 2.74. The third-order valence-electron chi connectivity index (χ3n) is 3.37. The van der Waals surface area contributed by atoms with Gasteiger partial charge in [-0.1, -0.05) is 36.4 Å². The van der Waals surface area contributed by atoms with Crippen molar-refractivity contribution in [3.8, 4) is 0 Å². The monoisotopic (exact) mass is 251 g/mol. The zero-order valence-corrected chi connectivity index (χ0v) is 11.0. The van der Waals surface area contributed by atoms with E-state index in [0.717, 1.165) is 30.0 Å². The van der Waals surface area contributed by atoms with Gasteiger partial charge in [-0.25, -0.2) is 4.98 Å². The molecule has 0 bridgehead atoms. The molecule has 19 heavy (non-hydrogen) atoms. The number of rotatable bonds is 3. The molecule has 0 aliphatic carbocycles. The first-order valence-electron chi connectivity index (χ1n) is 6.51. The maximum atomic E-state index is 6.17. The summed E-state index contributed by atoms with van der Waals surface area (Å²) < 4.78 is 1.97. The van der Waals surface area contributed by atoms with Crippen LogP contribution in [-0.4, -0.2) is 9.38 Å². The van der Waals surface area contributed by atoms with Crippen molar-refractivity contribution in [2.24, 2.45) is 0 Å². The van der Waals surface area contributed by atoms with E-state index in [2.05, 4.69) is 42.2 Å². The molecule has 0 radical (unpaired) electrons. The molecular formula is C16H17N3. The van der Waals surface area contributed by atoms with E-state index in [1.54, 1.807) is 0 Å². The van der Waals surface area contributed by atoms with Gasteiger partial charge in [0, 0.05) is 6.20 Å². The molecule has 3 nitrogen and oxygen atoms in total. The van der Waals surface area contributed by atoms with Crippen molar-refractivity contribution in [3.63, 3.8) is 0 Å². The number of pyridine rings is 1. The Labute approximate surface area is 112 Å². The molecule has 3 aromatic rings. The fourth-order valence-electron chi connectivity index (χ4n) is 2.31. The van der Waals surface area contributed by atoms with Gasteiger partial charge in [0.05, 0.1) is 5.69 Å². The Bertz CT molecular complexity index is 699. The maximum Gasteiger partial charge on any atom is 0.138 e. The lowest BCUT2D eigenvalue weighted by Crippen LogP contribution is -1.98. The van der Waals surface area contributed by atoms with E-state index >= 15 is 0 Å². The van der Waals surface area contributed by atoms with Gasteiger partial charge in [-0.2, -0.15) is 0 Å². The molecule has 2 N–H and O–H groups in total. The van der Waals surface area contributed by atoms with Crippen molar-refractivity contribution in [3.05, 3.63) is 65.5 Å². The van der Waals surface area contributed by atoms with Gasteiger partial charge < -0.3 is 5.73 Å². The highest BCUT2D eigenvalue weighted by Crippen LogP contribution is 2.17. The molecule has 0 aliphatic rings. The highest BCUT2D eigenvalue weighted by atomic mass is 15.1. The van der Waals surface area contributed by atoms with Crippen molar-refractivity contribution in [2.45, 2.75) is 19.8 Å². The second kappa shape index (κ2) is 4.76. The third-order valence-corrected chi connectivity index (χ3v) is 3.37. The molecule has 2 heterocycles. The quantitative estimate of drug-likeness (QED) is 0.777. The van der Waals surface area contributed by atoms with E-state index in [4.69, 9.17) is 5.73 Å². The highest BCUT2D eigenvalue weighted by molar-refractivity contribution is 5.53. The summed E-state index contributed by atoms with van der Waals surface area (Å²) in [6, 6.07) is 14.5. The van der Waals surface area contributed by atoms with Crippen LogP contribution in [-0.2, 0) is 12.8 Å². The molecule has 1 aromatic carbocycles. The molecule has 0 unspecified atom stereocenters. The Hall–Kier alpha value is -2.29. The lowest BCUT2D eigenvalue weighted by molar-refractivity contribution is 0.931. The molecule has 0 atom stereocenters. The Balaban J connectivity index is 1.87. The number of aromatic nitrogens is 2. The van der Waals surface area contributed by atoms with Crippen LogP contribution in [0.4, 0.5) is 5.82 Å². The van der Waals surface area contributed by atoms with E-state index in [0.29, 0.717) is 0 Å². The van der Waals surface area contributed by atoms with Crippen LogP contribution in [0.3, 0.4) is 0 Å². The van der Waals surface area contributed by atoms with Crippen LogP contribution in [0.5, 0.6) is 0 Å². The molecule has 0 saturated heterocycles. The number of nitrogens with two attached hydrogens (primary N) is 1. The number of anilines is 1. The van der Waals surface area contributed by atoms with E-state index in [1.165, 1.54) is 11.1 Å². The fraction of sp³-hybridized carbons (Fsp3) is 0.188. The molecule has 3 rings (SSSR count). The molecular weight excluding hydrogens is 234 g/mol. The van der Waals surface area contributed by atoms with Crippen LogP contribution in [0.15, 0.2) is 48.7 Å². The van der Waals surface area contributed by atoms with Gasteiger partial charge in [0.15, 0.2) is 0 Å².